The lowest BCUT2D eigenvalue weighted by Gasteiger charge is -2.13. The standard InChI is InChI=1S/C20H27N3O2/c1-14-19(15(2)23(3)22-14)12-13-20(24)21-16-8-10-18(11-9-16)25-17-6-4-5-7-17/h8-11,17H,4-7,12-13H2,1-3H3,(H,21,24). The van der Waals surface area contributed by atoms with Gasteiger partial charge in [0.25, 0.3) is 0 Å². The van der Waals surface area contributed by atoms with Crippen molar-refractivity contribution in [1.82, 2.24) is 9.78 Å². The molecule has 1 aliphatic carbocycles. The molecule has 1 saturated carbocycles. The second-order valence-corrected chi connectivity index (χ2v) is 6.87. The predicted octanol–water partition coefficient (Wildman–Crippen LogP) is 3.93. The number of carbonyl (C=O) groups is 1. The van der Waals surface area contributed by atoms with Crippen LogP contribution in [0.1, 0.15) is 49.1 Å². The molecule has 1 heterocycles. The zero-order valence-corrected chi connectivity index (χ0v) is 15.3. The molecule has 1 aliphatic rings. The van der Waals surface area contributed by atoms with E-state index in [2.05, 4.69) is 10.4 Å². The van der Waals surface area contributed by atoms with Crippen molar-refractivity contribution in [3.05, 3.63) is 41.2 Å². The number of anilines is 1. The molecule has 134 valence electrons. The van der Waals surface area contributed by atoms with Gasteiger partial charge in [0.1, 0.15) is 5.75 Å². The van der Waals surface area contributed by atoms with Gasteiger partial charge in [-0.2, -0.15) is 5.10 Å². The van der Waals surface area contributed by atoms with Gasteiger partial charge in [0.15, 0.2) is 0 Å². The van der Waals surface area contributed by atoms with Crippen molar-refractivity contribution in [1.29, 1.82) is 0 Å². The predicted molar refractivity (Wildman–Crippen MR) is 99.0 cm³/mol. The third-order valence-electron chi connectivity index (χ3n) is 5.00. The summed E-state index contributed by atoms with van der Waals surface area (Å²) in [5.74, 6) is 0.902. The Bertz CT molecular complexity index is 728. The molecule has 0 bridgehead atoms. The summed E-state index contributed by atoms with van der Waals surface area (Å²) in [6, 6.07) is 7.68. The SMILES string of the molecule is Cc1nn(C)c(C)c1CCC(=O)Nc1ccc(OC2CCCC2)cc1. The Morgan fingerprint density at radius 2 is 1.92 bits per heavy atom. The molecule has 5 nitrogen and oxygen atoms in total. The molecule has 0 saturated heterocycles. The Morgan fingerprint density at radius 3 is 2.52 bits per heavy atom. The third kappa shape index (κ3) is 4.41. The van der Waals surface area contributed by atoms with E-state index in [1.807, 2.05) is 49.8 Å². The fraction of sp³-hybridized carbons (Fsp3) is 0.500. The number of carbonyl (C=O) groups excluding carboxylic acids is 1. The van der Waals surface area contributed by atoms with E-state index in [9.17, 15) is 4.79 Å². The Balaban J connectivity index is 1.50. The van der Waals surface area contributed by atoms with E-state index in [0.29, 0.717) is 18.9 Å². The highest BCUT2D eigenvalue weighted by Gasteiger charge is 2.16. The quantitative estimate of drug-likeness (QED) is 0.866. The lowest BCUT2D eigenvalue weighted by Crippen LogP contribution is -2.13. The van der Waals surface area contributed by atoms with Crippen LogP contribution >= 0.6 is 0 Å². The van der Waals surface area contributed by atoms with Gasteiger partial charge in [0.2, 0.25) is 5.91 Å². The number of amides is 1. The van der Waals surface area contributed by atoms with Crippen LogP contribution in [0.25, 0.3) is 0 Å². The molecule has 1 aromatic carbocycles. The summed E-state index contributed by atoms with van der Waals surface area (Å²) in [4.78, 5) is 12.2. The van der Waals surface area contributed by atoms with Gasteiger partial charge in [-0.1, -0.05) is 0 Å². The Kier molecular flexibility index (Phi) is 5.41. The molecule has 0 aliphatic heterocycles. The maximum absolute atomic E-state index is 12.2. The van der Waals surface area contributed by atoms with E-state index < -0.39 is 0 Å². The molecule has 2 aromatic rings. The van der Waals surface area contributed by atoms with E-state index in [1.165, 1.54) is 12.8 Å². The maximum atomic E-state index is 12.2. The molecule has 1 amide bonds. The van der Waals surface area contributed by atoms with Crippen LogP contribution in [0, 0.1) is 13.8 Å². The average Bonchev–Trinajstić information content (AvgIpc) is 3.17. The van der Waals surface area contributed by atoms with E-state index in [0.717, 1.165) is 41.2 Å². The molecule has 0 atom stereocenters. The average molecular weight is 341 g/mol. The molecule has 1 aromatic heterocycles. The zero-order valence-electron chi connectivity index (χ0n) is 15.3. The van der Waals surface area contributed by atoms with Gasteiger partial charge in [-0.05, 0) is 75.8 Å². The van der Waals surface area contributed by atoms with Gasteiger partial charge in [-0.25, -0.2) is 0 Å². The highest BCUT2D eigenvalue weighted by Crippen LogP contribution is 2.25. The van der Waals surface area contributed by atoms with Gasteiger partial charge in [-0.15, -0.1) is 0 Å². The number of hydrogen-bond acceptors (Lipinski definition) is 3. The summed E-state index contributed by atoms with van der Waals surface area (Å²) in [7, 11) is 1.93. The Hall–Kier alpha value is -2.30. The number of aryl methyl sites for hydroxylation is 2. The van der Waals surface area contributed by atoms with Crippen LogP contribution in [-0.4, -0.2) is 21.8 Å². The maximum Gasteiger partial charge on any atom is 0.224 e. The molecule has 0 unspecified atom stereocenters. The third-order valence-corrected chi connectivity index (χ3v) is 5.00. The molecule has 0 spiro atoms. The molecule has 25 heavy (non-hydrogen) atoms. The molecule has 0 radical (unpaired) electrons. The largest absolute Gasteiger partial charge is 0.490 e. The highest BCUT2D eigenvalue weighted by atomic mass is 16.5. The Labute approximate surface area is 149 Å². The first-order valence-electron chi connectivity index (χ1n) is 9.08. The number of ether oxygens (including phenoxy) is 1. The second kappa shape index (κ2) is 7.72. The van der Waals surface area contributed by atoms with E-state index in [-0.39, 0.29) is 5.91 Å². The van der Waals surface area contributed by atoms with Crippen LogP contribution in [0.15, 0.2) is 24.3 Å². The first kappa shape index (κ1) is 17.5. The summed E-state index contributed by atoms with van der Waals surface area (Å²) in [6.07, 6.45) is 6.32. The lowest BCUT2D eigenvalue weighted by atomic mass is 10.1. The van der Waals surface area contributed by atoms with E-state index in [4.69, 9.17) is 4.74 Å². The normalized spacial score (nSPS) is 14.7. The fourth-order valence-corrected chi connectivity index (χ4v) is 3.46. The zero-order chi connectivity index (χ0) is 17.8. The minimum Gasteiger partial charge on any atom is -0.490 e. The number of nitrogens with zero attached hydrogens (tertiary/aromatic N) is 2. The lowest BCUT2D eigenvalue weighted by molar-refractivity contribution is -0.116. The number of rotatable bonds is 6. The van der Waals surface area contributed by atoms with Crippen molar-refractivity contribution < 1.29 is 9.53 Å². The van der Waals surface area contributed by atoms with Crippen molar-refractivity contribution in [2.75, 3.05) is 5.32 Å². The minimum atomic E-state index is 0.0205. The van der Waals surface area contributed by atoms with Crippen molar-refractivity contribution in [2.45, 2.75) is 58.5 Å². The molecule has 1 fully saturated rings. The van der Waals surface area contributed by atoms with Gasteiger partial charge in [0.05, 0.1) is 11.8 Å². The highest BCUT2D eigenvalue weighted by molar-refractivity contribution is 5.90. The summed E-state index contributed by atoms with van der Waals surface area (Å²) >= 11 is 0. The smallest absolute Gasteiger partial charge is 0.224 e. The molecule has 1 N–H and O–H groups in total. The van der Waals surface area contributed by atoms with Crippen LogP contribution in [0.3, 0.4) is 0 Å². The summed E-state index contributed by atoms with van der Waals surface area (Å²) < 4.78 is 7.81. The first-order valence-corrected chi connectivity index (χ1v) is 9.08. The van der Waals surface area contributed by atoms with Gasteiger partial charge in [0, 0.05) is 24.8 Å². The van der Waals surface area contributed by atoms with Gasteiger partial charge < -0.3 is 10.1 Å². The molecule has 3 rings (SSSR count). The van der Waals surface area contributed by atoms with Crippen molar-refractivity contribution >= 4 is 11.6 Å². The number of hydrogen-bond donors (Lipinski definition) is 1. The fourth-order valence-electron chi connectivity index (χ4n) is 3.46. The number of benzene rings is 1. The van der Waals surface area contributed by atoms with Crippen molar-refractivity contribution in [2.24, 2.45) is 7.05 Å². The van der Waals surface area contributed by atoms with Crippen LogP contribution in [0.4, 0.5) is 5.69 Å². The Morgan fingerprint density at radius 1 is 1.24 bits per heavy atom. The summed E-state index contributed by atoms with van der Waals surface area (Å²) in [5.41, 5.74) is 4.10. The van der Waals surface area contributed by atoms with Crippen LogP contribution < -0.4 is 10.1 Å². The minimum absolute atomic E-state index is 0.0205. The van der Waals surface area contributed by atoms with Gasteiger partial charge >= 0.3 is 0 Å². The van der Waals surface area contributed by atoms with Gasteiger partial charge in [-0.3, -0.25) is 9.48 Å². The van der Waals surface area contributed by atoms with Crippen LogP contribution in [0.5, 0.6) is 5.75 Å². The molecule has 5 heteroatoms. The number of nitrogens with one attached hydrogen (secondary N) is 1. The first-order chi connectivity index (χ1) is 12.0. The van der Waals surface area contributed by atoms with E-state index in [1.54, 1.807) is 0 Å². The summed E-state index contributed by atoms with van der Waals surface area (Å²) in [6.45, 7) is 4.03. The monoisotopic (exact) mass is 341 g/mol. The van der Waals surface area contributed by atoms with Crippen molar-refractivity contribution in [3.63, 3.8) is 0 Å². The van der Waals surface area contributed by atoms with Crippen LogP contribution in [-0.2, 0) is 18.3 Å². The molecular formula is C20H27N3O2. The number of aromatic nitrogens is 2. The second-order valence-electron chi connectivity index (χ2n) is 6.87. The van der Waals surface area contributed by atoms with Crippen LogP contribution in [0.2, 0.25) is 0 Å². The molecular weight excluding hydrogens is 314 g/mol. The summed E-state index contributed by atoms with van der Waals surface area (Å²) in [5, 5.41) is 7.35. The van der Waals surface area contributed by atoms with Crippen molar-refractivity contribution in [3.8, 4) is 5.75 Å². The van der Waals surface area contributed by atoms with E-state index >= 15 is 0 Å². The topological polar surface area (TPSA) is 56.2 Å².